The largest absolute Gasteiger partial charge is 0.466 e. The predicted molar refractivity (Wildman–Crippen MR) is 244 cm³/mol. The fourth-order valence-corrected chi connectivity index (χ4v) is 8.07. The Morgan fingerprint density at radius 1 is 0.439 bits per heavy atom. The number of hydrogen-bond acceptors (Lipinski definition) is 6. The molecule has 7 heteroatoms. The molecule has 0 fully saturated rings. The van der Waals surface area contributed by atoms with Crippen LogP contribution in [0.15, 0.2) is 0 Å². The van der Waals surface area contributed by atoms with E-state index < -0.39 is 0 Å². The lowest BCUT2D eigenvalue weighted by atomic mass is 9.92. The number of amides is 1. The molecule has 7 nitrogen and oxygen atoms in total. The van der Waals surface area contributed by atoms with Gasteiger partial charge in [0, 0.05) is 18.9 Å². The lowest BCUT2D eigenvalue weighted by Gasteiger charge is -2.21. The van der Waals surface area contributed by atoms with Gasteiger partial charge in [-0.15, -0.1) is 0 Å². The summed E-state index contributed by atoms with van der Waals surface area (Å²) in [5.41, 5.74) is 0. The lowest BCUT2D eigenvalue weighted by Crippen LogP contribution is -2.41. The zero-order valence-corrected chi connectivity index (χ0v) is 39.1. The van der Waals surface area contributed by atoms with Crippen LogP contribution in [-0.2, 0) is 23.9 Å². The molecule has 0 rings (SSSR count). The van der Waals surface area contributed by atoms with E-state index in [1.165, 1.54) is 128 Å². The summed E-state index contributed by atoms with van der Waals surface area (Å²) in [6, 6.07) is 0.239. The van der Waals surface area contributed by atoms with Crippen molar-refractivity contribution in [2.75, 3.05) is 33.4 Å². The quantitative estimate of drug-likeness (QED) is 0.0487. The van der Waals surface area contributed by atoms with E-state index in [1.54, 1.807) is 0 Å². The van der Waals surface area contributed by atoms with Crippen LogP contribution < -0.4 is 5.32 Å². The zero-order chi connectivity index (χ0) is 42.0. The maximum absolute atomic E-state index is 12.7. The van der Waals surface area contributed by atoms with Crippen molar-refractivity contribution in [2.24, 2.45) is 11.8 Å². The molecule has 0 aromatic heterocycles. The first-order valence-electron chi connectivity index (χ1n) is 25.1. The van der Waals surface area contributed by atoms with E-state index in [2.05, 4.69) is 44.8 Å². The number of rotatable bonds is 44. The molecule has 0 aromatic carbocycles. The standard InChI is InChI=1S/C50H98N2O5/c1-7-12-24-32-45(33-25-13-8-2)40-42-56-49(54)38-30-22-18-16-20-28-36-47(51-48(53)44-52(6)11-5)37-29-21-17-19-23-31-39-50(55)57-43-41-46(34-26-14-9-3)35-27-15-10-4/h45-47H,7-44H2,1-6H3,(H,51,53). The predicted octanol–water partition coefficient (Wildman–Crippen LogP) is 14.1. The number of nitrogens with zero attached hydrogens (tertiary/aromatic N) is 1. The van der Waals surface area contributed by atoms with Crippen molar-refractivity contribution in [1.82, 2.24) is 10.2 Å². The highest BCUT2D eigenvalue weighted by atomic mass is 16.5. The molecule has 0 bridgehead atoms. The van der Waals surface area contributed by atoms with Crippen molar-refractivity contribution in [3.8, 4) is 0 Å². The van der Waals surface area contributed by atoms with Gasteiger partial charge in [-0.3, -0.25) is 19.3 Å². The van der Waals surface area contributed by atoms with Crippen LogP contribution in [0.4, 0.5) is 0 Å². The summed E-state index contributed by atoms with van der Waals surface area (Å²) in [6.45, 7) is 13.6. The highest BCUT2D eigenvalue weighted by Crippen LogP contribution is 2.23. The van der Waals surface area contributed by atoms with Crippen LogP contribution in [0.3, 0.4) is 0 Å². The zero-order valence-electron chi connectivity index (χ0n) is 39.1. The van der Waals surface area contributed by atoms with Crippen LogP contribution in [-0.4, -0.2) is 62.1 Å². The highest BCUT2D eigenvalue weighted by Gasteiger charge is 2.15. The summed E-state index contributed by atoms with van der Waals surface area (Å²) in [7, 11) is 1.99. The van der Waals surface area contributed by atoms with Crippen LogP contribution in [0.2, 0.25) is 0 Å². The average Bonchev–Trinajstić information content (AvgIpc) is 3.19. The van der Waals surface area contributed by atoms with Crippen molar-refractivity contribution in [3.05, 3.63) is 0 Å². The molecule has 0 aromatic rings. The summed E-state index contributed by atoms with van der Waals surface area (Å²) in [5, 5.41) is 3.34. The molecule has 1 amide bonds. The van der Waals surface area contributed by atoms with E-state index in [1.807, 2.05) is 7.05 Å². The molecule has 0 radical (unpaired) electrons. The topological polar surface area (TPSA) is 84.9 Å². The van der Waals surface area contributed by atoms with E-state index in [-0.39, 0.29) is 23.9 Å². The molecule has 0 heterocycles. The Morgan fingerprint density at radius 2 is 0.772 bits per heavy atom. The molecule has 0 atom stereocenters. The Labute approximate surface area is 355 Å². The van der Waals surface area contributed by atoms with Gasteiger partial charge in [0.2, 0.25) is 5.91 Å². The molecule has 0 aliphatic heterocycles. The molecule has 0 saturated heterocycles. The summed E-state index contributed by atoms with van der Waals surface area (Å²) < 4.78 is 11.3. The van der Waals surface area contributed by atoms with Crippen molar-refractivity contribution in [1.29, 1.82) is 0 Å². The highest BCUT2D eigenvalue weighted by molar-refractivity contribution is 5.78. The SMILES string of the molecule is CCCCCC(CCCCC)CCOC(=O)CCCCCCCCC(CCCCCCCCC(=O)OCCC(CCCCC)CCCCC)NC(=O)CN(C)CC. The summed E-state index contributed by atoms with van der Waals surface area (Å²) in [4.78, 5) is 39.5. The fraction of sp³-hybridized carbons (Fsp3) is 0.940. The van der Waals surface area contributed by atoms with Crippen LogP contribution in [0.5, 0.6) is 0 Å². The van der Waals surface area contributed by atoms with Crippen molar-refractivity contribution >= 4 is 17.8 Å². The van der Waals surface area contributed by atoms with Gasteiger partial charge >= 0.3 is 11.9 Å². The Morgan fingerprint density at radius 3 is 1.12 bits per heavy atom. The van der Waals surface area contributed by atoms with Crippen molar-refractivity contribution in [2.45, 2.75) is 259 Å². The third kappa shape index (κ3) is 38.3. The van der Waals surface area contributed by atoms with Gasteiger partial charge in [-0.05, 0) is 64.0 Å². The number of carbonyl (C=O) groups excluding carboxylic acids is 3. The summed E-state index contributed by atoms with van der Waals surface area (Å²) in [6.07, 6.45) is 39.0. The maximum Gasteiger partial charge on any atom is 0.305 e. The smallest absolute Gasteiger partial charge is 0.305 e. The third-order valence-electron chi connectivity index (χ3n) is 12.1. The lowest BCUT2D eigenvalue weighted by molar-refractivity contribution is -0.145. The van der Waals surface area contributed by atoms with Crippen LogP contribution >= 0.6 is 0 Å². The minimum Gasteiger partial charge on any atom is -0.466 e. The van der Waals surface area contributed by atoms with Gasteiger partial charge in [-0.2, -0.15) is 0 Å². The Balaban J connectivity index is 4.24. The fourth-order valence-electron chi connectivity index (χ4n) is 8.07. The minimum absolute atomic E-state index is 0.0204. The molecule has 0 unspecified atom stereocenters. The summed E-state index contributed by atoms with van der Waals surface area (Å²) in [5.74, 6) is 1.50. The van der Waals surface area contributed by atoms with E-state index >= 15 is 0 Å². The Bertz CT molecular complexity index is 820. The molecule has 1 N–H and O–H groups in total. The number of esters is 2. The van der Waals surface area contributed by atoms with Crippen LogP contribution in [0, 0.1) is 11.8 Å². The first kappa shape index (κ1) is 55.4. The second-order valence-electron chi connectivity index (χ2n) is 17.6. The second-order valence-corrected chi connectivity index (χ2v) is 17.6. The van der Waals surface area contributed by atoms with E-state index in [4.69, 9.17) is 9.47 Å². The monoisotopic (exact) mass is 807 g/mol. The summed E-state index contributed by atoms with van der Waals surface area (Å²) >= 11 is 0. The van der Waals surface area contributed by atoms with Gasteiger partial charge in [0.05, 0.1) is 19.8 Å². The number of ether oxygens (including phenoxy) is 2. The van der Waals surface area contributed by atoms with Crippen LogP contribution in [0.25, 0.3) is 0 Å². The number of nitrogens with one attached hydrogen (secondary N) is 1. The van der Waals surface area contributed by atoms with E-state index in [9.17, 15) is 14.4 Å². The van der Waals surface area contributed by atoms with Crippen molar-refractivity contribution < 1.29 is 23.9 Å². The van der Waals surface area contributed by atoms with E-state index in [0.29, 0.717) is 44.4 Å². The third-order valence-corrected chi connectivity index (χ3v) is 12.1. The number of hydrogen-bond donors (Lipinski definition) is 1. The molecule has 57 heavy (non-hydrogen) atoms. The van der Waals surface area contributed by atoms with Crippen LogP contribution in [0.1, 0.15) is 253 Å². The molecule has 0 saturated carbocycles. The number of carbonyl (C=O) groups is 3. The van der Waals surface area contributed by atoms with Crippen molar-refractivity contribution in [3.63, 3.8) is 0 Å². The first-order chi connectivity index (χ1) is 27.8. The van der Waals surface area contributed by atoms with E-state index in [0.717, 1.165) is 83.6 Å². The van der Waals surface area contributed by atoms with Gasteiger partial charge in [0.25, 0.3) is 0 Å². The molecular formula is C50H98N2O5. The maximum atomic E-state index is 12.7. The second kappa shape index (κ2) is 42.5. The van der Waals surface area contributed by atoms with Gasteiger partial charge < -0.3 is 14.8 Å². The number of likely N-dealkylation sites (N-methyl/N-ethyl adjacent to an activating group) is 1. The minimum atomic E-state index is -0.0204. The molecule has 0 spiro atoms. The van der Waals surface area contributed by atoms with Gasteiger partial charge in [0.1, 0.15) is 0 Å². The molecule has 338 valence electrons. The Kier molecular flexibility index (Phi) is 41.3. The first-order valence-corrected chi connectivity index (χ1v) is 25.1. The van der Waals surface area contributed by atoms with Gasteiger partial charge in [-0.25, -0.2) is 0 Å². The molecule has 0 aliphatic carbocycles. The van der Waals surface area contributed by atoms with Gasteiger partial charge in [-0.1, -0.05) is 202 Å². The normalized spacial score (nSPS) is 11.7. The molecular weight excluding hydrogens is 709 g/mol. The molecule has 0 aliphatic rings. The Hall–Kier alpha value is -1.63. The van der Waals surface area contributed by atoms with Gasteiger partial charge in [0.15, 0.2) is 0 Å². The number of unbranched alkanes of at least 4 members (excludes halogenated alkanes) is 18. The average molecular weight is 807 g/mol.